The molecule has 0 bridgehead atoms. The van der Waals surface area contributed by atoms with Crippen LogP contribution in [0.2, 0.25) is 0 Å². The molecule has 1 aromatic carbocycles. The van der Waals surface area contributed by atoms with Gasteiger partial charge in [0.05, 0.1) is 29.0 Å². The van der Waals surface area contributed by atoms with Crippen LogP contribution in [0.1, 0.15) is 28.4 Å². The number of rotatable bonds is 2. The first kappa shape index (κ1) is 16.7. The van der Waals surface area contributed by atoms with Gasteiger partial charge >= 0.3 is 5.97 Å². The Hall–Kier alpha value is -3.45. The van der Waals surface area contributed by atoms with Crippen LogP contribution in [0.25, 0.3) is 22.3 Å². The van der Waals surface area contributed by atoms with Crippen molar-refractivity contribution in [3.63, 3.8) is 0 Å². The van der Waals surface area contributed by atoms with Crippen LogP contribution in [0.4, 0.5) is 0 Å². The third-order valence-electron chi connectivity index (χ3n) is 5.40. The van der Waals surface area contributed by atoms with Crippen LogP contribution < -0.4 is 5.56 Å². The number of cyclic esters (lactones) is 1. The number of hydrogen-bond donors (Lipinski definition) is 2. The number of phenolic OH excluding ortho intramolecular Hbond substituents is 1. The smallest absolute Gasteiger partial charge is 0.340 e. The monoisotopic (exact) mass is 376 g/mol. The summed E-state index contributed by atoms with van der Waals surface area (Å²) < 4.78 is 6.48. The SMILES string of the molecule is C=CCc1c(O)ccc2nc3c(cc12)Cn1c-3cc2c(c1=O)COC(=O)C2O. The lowest BCUT2D eigenvalue weighted by Gasteiger charge is -2.21. The van der Waals surface area contributed by atoms with E-state index in [4.69, 9.17) is 9.72 Å². The maximum Gasteiger partial charge on any atom is 0.340 e. The Morgan fingerprint density at radius 2 is 2.14 bits per heavy atom. The molecule has 2 aliphatic rings. The molecule has 0 saturated heterocycles. The van der Waals surface area contributed by atoms with E-state index in [0.29, 0.717) is 35.4 Å². The zero-order valence-electron chi connectivity index (χ0n) is 14.8. The van der Waals surface area contributed by atoms with Crippen molar-refractivity contribution in [3.05, 3.63) is 69.5 Å². The van der Waals surface area contributed by atoms with Crippen LogP contribution in [-0.4, -0.2) is 25.7 Å². The number of benzene rings is 1. The van der Waals surface area contributed by atoms with Crippen molar-refractivity contribution in [3.8, 4) is 17.1 Å². The van der Waals surface area contributed by atoms with Crippen LogP contribution >= 0.6 is 0 Å². The lowest BCUT2D eigenvalue weighted by molar-refractivity contribution is -0.157. The van der Waals surface area contributed by atoms with Crippen molar-refractivity contribution in [2.75, 3.05) is 0 Å². The number of hydrogen-bond acceptors (Lipinski definition) is 6. The zero-order valence-corrected chi connectivity index (χ0v) is 14.8. The first-order chi connectivity index (χ1) is 13.5. The molecule has 1 atom stereocenters. The van der Waals surface area contributed by atoms with Crippen LogP contribution in [0.5, 0.6) is 5.75 Å². The molecule has 1 unspecified atom stereocenters. The number of esters is 1. The van der Waals surface area contributed by atoms with Gasteiger partial charge in [-0.05, 0) is 30.7 Å². The molecule has 0 saturated carbocycles. The maximum atomic E-state index is 12.9. The second-order valence-electron chi connectivity index (χ2n) is 6.98. The van der Waals surface area contributed by atoms with Gasteiger partial charge in [0.1, 0.15) is 12.4 Å². The van der Waals surface area contributed by atoms with Crippen molar-refractivity contribution in [2.45, 2.75) is 25.7 Å². The molecule has 0 amide bonds. The van der Waals surface area contributed by atoms with E-state index in [1.165, 1.54) is 0 Å². The zero-order chi connectivity index (χ0) is 19.6. The van der Waals surface area contributed by atoms with Gasteiger partial charge in [0, 0.05) is 22.1 Å². The molecule has 0 radical (unpaired) electrons. The lowest BCUT2D eigenvalue weighted by Crippen LogP contribution is -2.32. The third kappa shape index (κ3) is 2.16. The van der Waals surface area contributed by atoms with Crippen LogP contribution in [0, 0.1) is 0 Å². The summed E-state index contributed by atoms with van der Waals surface area (Å²) >= 11 is 0. The quantitative estimate of drug-likeness (QED) is 0.410. The number of pyridine rings is 2. The van der Waals surface area contributed by atoms with E-state index in [1.54, 1.807) is 28.8 Å². The van der Waals surface area contributed by atoms with Gasteiger partial charge in [0.25, 0.3) is 5.56 Å². The second-order valence-corrected chi connectivity index (χ2v) is 6.98. The molecule has 3 aromatic rings. The highest BCUT2D eigenvalue weighted by Crippen LogP contribution is 2.37. The Bertz CT molecular complexity index is 1260. The average Bonchev–Trinajstić information content (AvgIpc) is 3.04. The first-order valence-corrected chi connectivity index (χ1v) is 8.86. The molecular formula is C21H16N2O5. The van der Waals surface area contributed by atoms with Gasteiger partial charge in [-0.1, -0.05) is 6.08 Å². The Labute approximate surface area is 159 Å². The minimum atomic E-state index is -1.47. The van der Waals surface area contributed by atoms with E-state index in [2.05, 4.69) is 6.58 Å². The van der Waals surface area contributed by atoms with Crippen molar-refractivity contribution >= 4 is 16.9 Å². The van der Waals surface area contributed by atoms with Crippen molar-refractivity contribution in [2.24, 2.45) is 0 Å². The van der Waals surface area contributed by atoms with Crippen molar-refractivity contribution in [1.29, 1.82) is 0 Å². The second kappa shape index (κ2) is 5.77. The summed E-state index contributed by atoms with van der Waals surface area (Å²) in [6, 6.07) is 6.90. The molecule has 2 aromatic heterocycles. The lowest BCUT2D eigenvalue weighted by atomic mass is 9.99. The van der Waals surface area contributed by atoms with E-state index in [9.17, 15) is 19.8 Å². The Balaban J connectivity index is 1.76. The highest BCUT2D eigenvalue weighted by Gasteiger charge is 2.33. The fraction of sp³-hybridized carbons (Fsp3) is 0.190. The van der Waals surface area contributed by atoms with E-state index < -0.39 is 12.1 Å². The predicted molar refractivity (Wildman–Crippen MR) is 101 cm³/mol. The minimum absolute atomic E-state index is 0.145. The summed E-state index contributed by atoms with van der Waals surface area (Å²) in [4.78, 5) is 29.3. The van der Waals surface area contributed by atoms with Gasteiger partial charge in [-0.15, -0.1) is 6.58 Å². The standard InChI is InChI=1S/C21H16N2O5/c1-2-3-11-12-6-10-8-23-16(18(10)22-15(12)4-5-17(11)24)7-13-14(20(23)26)9-28-21(27)19(13)25/h2,4-7,19,24-25H,1,3,8-9H2. The molecule has 4 heterocycles. The fourth-order valence-electron chi connectivity index (χ4n) is 4.01. The molecule has 0 spiro atoms. The molecule has 28 heavy (non-hydrogen) atoms. The summed E-state index contributed by atoms with van der Waals surface area (Å²) in [6.45, 7) is 3.92. The van der Waals surface area contributed by atoms with Gasteiger partial charge in [-0.3, -0.25) is 4.79 Å². The number of aromatic hydroxyl groups is 1. The summed E-state index contributed by atoms with van der Waals surface area (Å²) in [6.07, 6.45) is 0.743. The molecule has 7 heteroatoms. The van der Waals surface area contributed by atoms with E-state index in [-0.39, 0.29) is 23.5 Å². The van der Waals surface area contributed by atoms with Crippen LogP contribution in [0.15, 0.2) is 41.7 Å². The largest absolute Gasteiger partial charge is 0.508 e. The molecule has 5 rings (SSSR count). The highest BCUT2D eigenvalue weighted by molar-refractivity contribution is 5.89. The molecule has 0 fully saturated rings. The number of ether oxygens (including phenoxy) is 1. The summed E-state index contributed by atoms with van der Waals surface area (Å²) in [5.74, 6) is -0.581. The molecular weight excluding hydrogens is 360 g/mol. The number of aromatic nitrogens is 2. The fourth-order valence-corrected chi connectivity index (χ4v) is 4.01. The number of aliphatic hydroxyl groups is 1. The van der Waals surface area contributed by atoms with Crippen LogP contribution in [0.3, 0.4) is 0 Å². The first-order valence-electron chi connectivity index (χ1n) is 8.86. The number of allylic oxidation sites excluding steroid dienone is 1. The van der Waals surface area contributed by atoms with E-state index in [1.807, 2.05) is 6.07 Å². The molecule has 140 valence electrons. The van der Waals surface area contributed by atoms with Crippen LogP contribution in [-0.2, 0) is 29.1 Å². The number of nitrogens with zero attached hydrogens (tertiary/aromatic N) is 2. The topological polar surface area (TPSA) is 102 Å². The minimum Gasteiger partial charge on any atom is -0.508 e. The highest BCUT2D eigenvalue weighted by atomic mass is 16.5. The molecule has 2 N–H and O–H groups in total. The number of carbonyl (C=O) groups is 1. The average molecular weight is 376 g/mol. The maximum absolute atomic E-state index is 12.9. The Kier molecular flexibility index (Phi) is 3.44. The molecule has 2 aliphatic heterocycles. The number of aliphatic hydroxyl groups excluding tert-OH is 1. The van der Waals surface area contributed by atoms with Gasteiger partial charge in [0.15, 0.2) is 6.10 Å². The van der Waals surface area contributed by atoms with Gasteiger partial charge in [0.2, 0.25) is 0 Å². The number of carbonyl (C=O) groups excluding carboxylic acids is 1. The van der Waals surface area contributed by atoms with Crippen molar-refractivity contribution in [1.82, 2.24) is 9.55 Å². The van der Waals surface area contributed by atoms with Gasteiger partial charge in [-0.2, -0.15) is 0 Å². The van der Waals surface area contributed by atoms with E-state index in [0.717, 1.165) is 16.5 Å². The number of phenols is 1. The summed E-state index contributed by atoms with van der Waals surface area (Å²) in [5.41, 5.74) is 3.73. The third-order valence-corrected chi connectivity index (χ3v) is 5.40. The Morgan fingerprint density at radius 3 is 2.93 bits per heavy atom. The summed E-state index contributed by atoms with van der Waals surface area (Å²) in [5, 5.41) is 21.2. The van der Waals surface area contributed by atoms with Crippen molar-refractivity contribution < 1.29 is 19.7 Å². The predicted octanol–water partition coefficient (Wildman–Crippen LogP) is 1.95. The number of fused-ring (bicyclic) bond motifs is 5. The molecule has 7 nitrogen and oxygen atoms in total. The van der Waals surface area contributed by atoms with Gasteiger partial charge < -0.3 is 19.5 Å². The Morgan fingerprint density at radius 1 is 1.32 bits per heavy atom. The van der Waals surface area contributed by atoms with Gasteiger partial charge in [-0.25, -0.2) is 9.78 Å². The molecule has 0 aliphatic carbocycles. The van der Waals surface area contributed by atoms with E-state index >= 15 is 0 Å². The summed E-state index contributed by atoms with van der Waals surface area (Å²) in [7, 11) is 0. The normalized spacial score (nSPS) is 17.0.